The zero-order valence-corrected chi connectivity index (χ0v) is 11.3. The van der Waals surface area contributed by atoms with Gasteiger partial charge in [-0.05, 0) is 26.0 Å². The lowest BCUT2D eigenvalue weighted by Crippen LogP contribution is -2.21. The molecule has 0 aliphatic carbocycles. The van der Waals surface area contributed by atoms with Gasteiger partial charge in [-0.1, -0.05) is 0 Å². The fourth-order valence-electron chi connectivity index (χ4n) is 1.74. The zero-order valence-electron chi connectivity index (χ0n) is 11.3. The lowest BCUT2D eigenvalue weighted by atomic mass is 10.3. The van der Waals surface area contributed by atoms with Crippen molar-refractivity contribution in [2.75, 3.05) is 0 Å². The predicted octanol–water partition coefficient (Wildman–Crippen LogP) is 2.75. The third-order valence-corrected chi connectivity index (χ3v) is 2.79. The Kier molecular flexibility index (Phi) is 3.74. The average Bonchev–Trinajstić information content (AvgIpc) is 2.72. The minimum Gasteiger partial charge on any atom is -0.350 e. The van der Waals surface area contributed by atoms with Crippen LogP contribution in [0.4, 0.5) is 21.9 Å². The normalized spacial score (nSPS) is 11.0. The number of carbonyl (C=O) groups is 1. The summed E-state index contributed by atoms with van der Waals surface area (Å²) in [6, 6.07) is 4.92. The number of nitrogens with two attached hydrogens (primary N) is 1. The number of primary amides is 1. The molecule has 0 aliphatic rings. The van der Waals surface area contributed by atoms with E-state index in [2.05, 4.69) is 15.3 Å². The minimum atomic E-state index is -0.701. The van der Waals surface area contributed by atoms with E-state index in [9.17, 15) is 14.9 Å². The van der Waals surface area contributed by atoms with E-state index in [0.717, 1.165) is 4.68 Å². The van der Waals surface area contributed by atoms with Crippen molar-refractivity contribution in [3.05, 3.63) is 45.8 Å². The van der Waals surface area contributed by atoms with Gasteiger partial charge in [0.15, 0.2) is 0 Å². The lowest BCUT2D eigenvalue weighted by Gasteiger charge is -1.96. The summed E-state index contributed by atoms with van der Waals surface area (Å²) < 4.78 is 1.04. The molecule has 0 saturated heterocycles. The summed E-state index contributed by atoms with van der Waals surface area (Å²) in [5, 5.41) is 22.5. The summed E-state index contributed by atoms with van der Waals surface area (Å²) >= 11 is 0. The van der Waals surface area contributed by atoms with Crippen LogP contribution in [-0.4, -0.2) is 20.7 Å². The molecule has 1 amide bonds. The standard InChI is InChI=1S/C12H12N6O3/c1-7-11(8(2)17(16-7)12(13)19)15-14-9-3-5-10(6-4-9)18(20)21/h3-6H,1-2H3,(H2,13,19). The van der Waals surface area contributed by atoms with Gasteiger partial charge in [0.25, 0.3) is 5.69 Å². The zero-order chi connectivity index (χ0) is 15.6. The first-order valence-electron chi connectivity index (χ1n) is 5.92. The van der Waals surface area contributed by atoms with Gasteiger partial charge in [-0.3, -0.25) is 10.1 Å². The van der Waals surface area contributed by atoms with E-state index in [4.69, 9.17) is 5.73 Å². The first-order chi connectivity index (χ1) is 9.90. The minimum absolute atomic E-state index is 0.0251. The topological polar surface area (TPSA) is 129 Å². The SMILES string of the molecule is Cc1nn(C(N)=O)c(C)c1N=Nc1ccc([N+](=O)[O-])cc1. The molecule has 1 aromatic carbocycles. The Morgan fingerprint density at radius 1 is 1.29 bits per heavy atom. The molecule has 0 atom stereocenters. The van der Waals surface area contributed by atoms with Crippen LogP contribution in [0, 0.1) is 24.0 Å². The number of rotatable bonds is 3. The molecule has 0 fully saturated rings. The summed E-state index contributed by atoms with van der Waals surface area (Å²) in [7, 11) is 0. The van der Waals surface area contributed by atoms with Crippen molar-refractivity contribution in [1.29, 1.82) is 0 Å². The quantitative estimate of drug-likeness (QED) is 0.528. The second-order valence-electron chi connectivity index (χ2n) is 4.24. The molecule has 0 saturated carbocycles. The van der Waals surface area contributed by atoms with Crippen LogP contribution in [0.2, 0.25) is 0 Å². The molecule has 0 bridgehead atoms. The summed E-state index contributed by atoms with van der Waals surface area (Å²) in [6.45, 7) is 3.32. The highest BCUT2D eigenvalue weighted by atomic mass is 16.6. The highest BCUT2D eigenvalue weighted by Crippen LogP contribution is 2.26. The Labute approximate surface area is 119 Å². The van der Waals surface area contributed by atoms with Crippen LogP contribution in [0.15, 0.2) is 34.5 Å². The van der Waals surface area contributed by atoms with Gasteiger partial charge in [-0.15, -0.1) is 5.11 Å². The van der Waals surface area contributed by atoms with E-state index < -0.39 is 11.0 Å². The largest absolute Gasteiger partial charge is 0.350 e. The average molecular weight is 288 g/mol. The van der Waals surface area contributed by atoms with Gasteiger partial charge in [0.1, 0.15) is 5.69 Å². The molecule has 0 unspecified atom stereocenters. The predicted molar refractivity (Wildman–Crippen MR) is 74.0 cm³/mol. The molecule has 2 rings (SSSR count). The molecule has 2 N–H and O–H groups in total. The van der Waals surface area contributed by atoms with Gasteiger partial charge in [0.05, 0.1) is 22.0 Å². The molecule has 9 heteroatoms. The van der Waals surface area contributed by atoms with Gasteiger partial charge in [-0.2, -0.15) is 14.9 Å². The fraction of sp³-hybridized carbons (Fsp3) is 0.167. The molecule has 1 aromatic heterocycles. The summed E-state index contributed by atoms with van der Waals surface area (Å²) in [5.41, 5.74) is 7.03. The van der Waals surface area contributed by atoms with Crippen LogP contribution < -0.4 is 5.73 Å². The number of aromatic nitrogens is 2. The van der Waals surface area contributed by atoms with Crippen molar-refractivity contribution in [3.8, 4) is 0 Å². The molecular formula is C12H12N6O3. The summed E-state index contributed by atoms with van der Waals surface area (Å²) in [4.78, 5) is 21.2. The molecule has 2 aromatic rings. The number of benzene rings is 1. The summed E-state index contributed by atoms with van der Waals surface area (Å²) in [6.07, 6.45) is 0. The molecule has 0 radical (unpaired) electrons. The molecular weight excluding hydrogens is 276 g/mol. The van der Waals surface area contributed by atoms with Crippen LogP contribution in [0.25, 0.3) is 0 Å². The Morgan fingerprint density at radius 2 is 1.90 bits per heavy atom. The molecule has 108 valence electrons. The van der Waals surface area contributed by atoms with Gasteiger partial charge in [0.2, 0.25) is 0 Å². The Balaban J connectivity index is 2.29. The van der Waals surface area contributed by atoms with E-state index in [-0.39, 0.29) is 5.69 Å². The van der Waals surface area contributed by atoms with E-state index in [1.54, 1.807) is 13.8 Å². The van der Waals surface area contributed by atoms with Crippen molar-refractivity contribution in [3.63, 3.8) is 0 Å². The molecule has 1 heterocycles. The number of hydrogen-bond donors (Lipinski definition) is 1. The highest BCUT2D eigenvalue weighted by molar-refractivity contribution is 5.76. The second kappa shape index (κ2) is 5.49. The number of nitrogens with zero attached hydrogens (tertiary/aromatic N) is 5. The van der Waals surface area contributed by atoms with Crippen LogP contribution >= 0.6 is 0 Å². The van der Waals surface area contributed by atoms with E-state index in [1.165, 1.54) is 24.3 Å². The van der Waals surface area contributed by atoms with Crippen molar-refractivity contribution >= 4 is 23.1 Å². The Hall–Kier alpha value is -3.10. The number of azo groups is 1. The van der Waals surface area contributed by atoms with E-state index in [1.807, 2.05) is 0 Å². The first kappa shape index (κ1) is 14.3. The van der Waals surface area contributed by atoms with Gasteiger partial charge in [-0.25, -0.2) is 4.79 Å². The molecule has 0 spiro atoms. The maximum absolute atomic E-state index is 11.1. The van der Waals surface area contributed by atoms with Crippen molar-refractivity contribution < 1.29 is 9.72 Å². The van der Waals surface area contributed by atoms with Crippen molar-refractivity contribution in [1.82, 2.24) is 9.78 Å². The Morgan fingerprint density at radius 3 is 2.38 bits per heavy atom. The molecule has 9 nitrogen and oxygen atoms in total. The van der Waals surface area contributed by atoms with E-state index >= 15 is 0 Å². The molecule has 21 heavy (non-hydrogen) atoms. The number of nitro groups is 1. The maximum atomic E-state index is 11.1. The summed E-state index contributed by atoms with van der Waals surface area (Å²) in [5.74, 6) is 0. The maximum Gasteiger partial charge on any atom is 0.339 e. The van der Waals surface area contributed by atoms with Crippen LogP contribution in [0.5, 0.6) is 0 Å². The number of non-ortho nitro benzene ring substituents is 1. The fourth-order valence-corrected chi connectivity index (χ4v) is 1.74. The Bertz CT molecular complexity index is 732. The first-order valence-corrected chi connectivity index (χ1v) is 5.92. The smallest absolute Gasteiger partial charge is 0.339 e. The van der Waals surface area contributed by atoms with Gasteiger partial charge < -0.3 is 5.73 Å². The third-order valence-electron chi connectivity index (χ3n) is 2.79. The lowest BCUT2D eigenvalue weighted by molar-refractivity contribution is -0.384. The second-order valence-corrected chi connectivity index (χ2v) is 4.24. The monoisotopic (exact) mass is 288 g/mol. The number of aryl methyl sites for hydroxylation is 1. The third kappa shape index (κ3) is 2.91. The number of hydrogen-bond acceptors (Lipinski definition) is 6. The van der Waals surface area contributed by atoms with Gasteiger partial charge >= 0.3 is 6.03 Å². The van der Waals surface area contributed by atoms with Crippen molar-refractivity contribution in [2.24, 2.45) is 16.0 Å². The van der Waals surface area contributed by atoms with Crippen LogP contribution in [-0.2, 0) is 0 Å². The van der Waals surface area contributed by atoms with Gasteiger partial charge in [0, 0.05) is 12.1 Å². The van der Waals surface area contributed by atoms with Crippen LogP contribution in [0.1, 0.15) is 11.4 Å². The van der Waals surface area contributed by atoms with E-state index in [0.29, 0.717) is 22.8 Å². The highest BCUT2D eigenvalue weighted by Gasteiger charge is 2.14. The number of nitro benzene ring substituents is 1. The van der Waals surface area contributed by atoms with Crippen molar-refractivity contribution in [2.45, 2.75) is 13.8 Å². The number of amides is 1. The molecule has 0 aliphatic heterocycles. The number of carbonyl (C=O) groups excluding carboxylic acids is 1. The van der Waals surface area contributed by atoms with Crippen LogP contribution in [0.3, 0.4) is 0 Å².